The second-order valence-corrected chi connectivity index (χ2v) is 8.92. The van der Waals surface area contributed by atoms with Gasteiger partial charge < -0.3 is 9.47 Å². The lowest BCUT2D eigenvalue weighted by molar-refractivity contribution is -0.150. The van der Waals surface area contributed by atoms with Gasteiger partial charge in [-0.25, -0.2) is 4.39 Å². The minimum absolute atomic E-state index is 0.0460. The molecular weight excluding hydrogens is 381 g/mol. The first-order chi connectivity index (χ1) is 14.3. The highest BCUT2D eigenvalue weighted by Gasteiger charge is 2.76. The summed E-state index contributed by atoms with van der Waals surface area (Å²) in [6.45, 7) is 4.20. The van der Waals surface area contributed by atoms with Gasteiger partial charge in [0.05, 0.1) is 13.0 Å². The number of carbonyl (C=O) groups is 1. The van der Waals surface area contributed by atoms with E-state index in [0.717, 1.165) is 19.3 Å². The van der Waals surface area contributed by atoms with Crippen LogP contribution >= 0.6 is 0 Å². The Bertz CT molecular complexity index is 988. The fraction of sp³-hybridized carbons (Fsp3) is 0.440. The topological polar surface area (TPSA) is 59.3 Å². The molecule has 2 fully saturated rings. The SMILES string of the molecule is COc1ccc(C(F)c2cccc(C(C#N)OC(=O)C3C(C)(C)C34CCC4)c2)cc1. The van der Waals surface area contributed by atoms with Crippen LogP contribution < -0.4 is 4.74 Å². The molecule has 0 amide bonds. The van der Waals surface area contributed by atoms with Gasteiger partial charge >= 0.3 is 5.97 Å². The number of rotatable bonds is 6. The van der Waals surface area contributed by atoms with Crippen LogP contribution in [0.25, 0.3) is 0 Å². The molecule has 2 aromatic carbocycles. The molecule has 30 heavy (non-hydrogen) atoms. The van der Waals surface area contributed by atoms with Gasteiger partial charge in [-0.1, -0.05) is 50.6 Å². The Kier molecular flexibility index (Phi) is 5.05. The number of methoxy groups -OCH3 is 1. The molecule has 0 bridgehead atoms. The molecule has 0 heterocycles. The number of hydrogen-bond donors (Lipinski definition) is 0. The predicted molar refractivity (Wildman–Crippen MR) is 110 cm³/mol. The summed E-state index contributed by atoms with van der Waals surface area (Å²) in [6.07, 6.45) is 0.816. The van der Waals surface area contributed by atoms with Crippen molar-refractivity contribution in [1.82, 2.24) is 0 Å². The molecule has 0 N–H and O–H groups in total. The first-order valence-electron chi connectivity index (χ1n) is 10.3. The molecule has 0 radical (unpaired) electrons. The summed E-state index contributed by atoms with van der Waals surface area (Å²) in [6, 6.07) is 15.5. The number of carbonyl (C=O) groups excluding carboxylic acids is 1. The van der Waals surface area contributed by atoms with Crippen LogP contribution in [0.2, 0.25) is 0 Å². The highest BCUT2D eigenvalue weighted by Crippen LogP contribution is 2.78. The van der Waals surface area contributed by atoms with Crippen LogP contribution in [0.1, 0.15) is 62.1 Å². The molecule has 3 atom stereocenters. The number of benzene rings is 2. The maximum absolute atomic E-state index is 15.1. The van der Waals surface area contributed by atoms with Crippen molar-refractivity contribution in [1.29, 1.82) is 5.26 Å². The zero-order valence-corrected chi connectivity index (χ0v) is 17.5. The van der Waals surface area contributed by atoms with Gasteiger partial charge in [-0.3, -0.25) is 4.79 Å². The second-order valence-electron chi connectivity index (χ2n) is 8.92. The number of nitriles is 1. The third kappa shape index (κ3) is 3.15. The zero-order chi connectivity index (χ0) is 21.5. The van der Waals surface area contributed by atoms with Gasteiger partial charge in [0.2, 0.25) is 6.10 Å². The molecule has 0 aromatic heterocycles. The Morgan fingerprint density at radius 3 is 2.33 bits per heavy atom. The van der Waals surface area contributed by atoms with Crippen molar-refractivity contribution < 1.29 is 18.7 Å². The molecular formula is C25H26FNO3. The quantitative estimate of drug-likeness (QED) is 0.577. The van der Waals surface area contributed by atoms with Crippen molar-refractivity contribution in [3.63, 3.8) is 0 Å². The van der Waals surface area contributed by atoms with Crippen molar-refractivity contribution in [2.24, 2.45) is 16.7 Å². The molecule has 2 saturated carbocycles. The van der Waals surface area contributed by atoms with Crippen LogP contribution in [0.3, 0.4) is 0 Å². The lowest BCUT2D eigenvalue weighted by atomic mass is 9.75. The Labute approximate surface area is 176 Å². The number of nitrogens with zero attached hydrogens (tertiary/aromatic N) is 1. The summed E-state index contributed by atoms with van der Waals surface area (Å²) in [4.78, 5) is 12.8. The van der Waals surface area contributed by atoms with Crippen LogP contribution in [0.4, 0.5) is 4.39 Å². The fourth-order valence-corrected chi connectivity index (χ4v) is 5.15. The Balaban J connectivity index is 1.50. The van der Waals surface area contributed by atoms with Gasteiger partial charge in [0.25, 0.3) is 0 Å². The van der Waals surface area contributed by atoms with Crippen molar-refractivity contribution >= 4 is 5.97 Å². The van der Waals surface area contributed by atoms with Crippen molar-refractivity contribution in [3.05, 3.63) is 65.2 Å². The van der Waals surface area contributed by atoms with E-state index >= 15 is 4.39 Å². The van der Waals surface area contributed by atoms with Crippen molar-refractivity contribution in [2.45, 2.75) is 45.4 Å². The van der Waals surface area contributed by atoms with E-state index in [1.54, 1.807) is 55.6 Å². The van der Waals surface area contributed by atoms with Crippen LogP contribution in [0.15, 0.2) is 48.5 Å². The average molecular weight is 407 g/mol. The molecule has 4 rings (SSSR count). The number of alkyl halides is 1. The van der Waals surface area contributed by atoms with E-state index in [9.17, 15) is 10.1 Å². The third-order valence-electron chi connectivity index (χ3n) is 7.22. The largest absolute Gasteiger partial charge is 0.497 e. The minimum atomic E-state index is -1.36. The monoisotopic (exact) mass is 407 g/mol. The van der Waals surface area contributed by atoms with E-state index in [1.165, 1.54) is 0 Å². The zero-order valence-electron chi connectivity index (χ0n) is 17.5. The third-order valence-corrected chi connectivity index (χ3v) is 7.22. The lowest BCUT2D eigenvalue weighted by Crippen LogP contribution is -2.22. The number of hydrogen-bond acceptors (Lipinski definition) is 4. The molecule has 2 aliphatic carbocycles. The van der Waals surface area contributed by atoms with Gasteiger partial charge in [-0.15, -0.1) is 0 Å². The van der Waals surface area contributed by atoms with Crippen LogP contribution in [0.5, 0.6) is 5.75 Å². The van der Waals surface area contributed by atoms with Crippen molar-refractivity contribution in [3.8, 4) is 11.8 Å². The van der Waals surface area contributed by atoms with E-state index in [0.29, 0.717) is 22.4 Å². The number of esters is 1. The van der Waals surface area contributed by atoms with E-state index in [4.69, 9.17) is 9.47 Å². The Morgan fingerprint density at radius 2 is 1.80 bits per heavy atom. The molecule has 0 saturated heterocycles. The lowest BCUT2D eigenvalue weighted by Gasteiger charge is -2.29. The van der Waals surface area contributed by atoms with Crippen LogP contribution in [-0.4, -0.2) is 13.1 Å². The normalized spacial score (nSPS) is 22.3. The van der Waals surface area contributed by atoms with E-state index in [2.05, 4.69) is 19.9 Å². The van der Waals surface area contributed by atoms with E-state index in [-0.39, 0.29) is 22.7 Å². The van der Waals surface area contributed by atoms with Crippen molar-refractivity contribution in [2.75, 3.05) is 7.11 Å². The standard InChI is InChI=1S/C25H26FNO3/c1-24(2)22(25(24)12-5-13-25)23(28)30-20(15-27)17-6-4-7-18(14-17)21(26)16-8-10-19(29-3)11-9-16/h4,6-11,14,20-22H,5,12-13H2,1-3H3. The van der Waals surface area contributed by atoms with Crippen LogP contribution in [-0.2, 0) is 9.53 Å². The summed E-state index contributed by atoms with van der Waals surface area (Å²) in [7, 11) is 1.56. The van der Waals surface area contributed by atoms with Gasteiger partial charge in [-0.05, 0) is 53.0 Å². The molecule has 0 aliphatic heterocycles. The fourth-order valence-electron chi connectivity index (χ4n) is 5.15. The summed E-state index contributed by atoms with van der Waals surface area (Å²) in [5, 5.41) is 9.63. The van der Waals surface area contributed by atoms with Gasteiger partial charge in [0.15, 0.2) is 6.17 Å². The molecule has 2 aromatic rings. The van der Waals surface area contributed by atoms with Crippen LogP contribution in [0, 0.1) is 28.1 Å². The average Bonchev–Trinajstić information content (AvgIpc) is 3.28. The number of halogens is 1. The molecule has 3 unspecified atom stereocenters. The first-order valence-corrected chi connectivity index (χ1v) is 10.3. The number of ether oxygens (including phenoxy) is 2. The molecule has 156 valence electrons. The molecule has 4 nitrogen and oxygen atoms in total. The maximum atomic E-state index is 15.1. The first kappa shape index (κ1) is 20.4. The van der Waals surface area contributed by atoms with E-state index in [1.807, 2.05) is 0 Å². The summed E-state index contributed by atoms with van der Waals surface area (Å²) in [5.74, 6) is 0.179. The second kappa shape index (κ2) is 7.43. The summed E-state index contributed by atoms with van der Waals surface area (Å²) >= 11 is 0. The predicted octanol–water partition coefficient (Wildman–Crippen LogP) is 5.69. The Morgan fingerprint density at radius 1 is 1.13 bits per heavy atom. The van der Waals surface area contributed by atoms with Gasteiger partial charge in [0, 0.05) is 5.56 Å². The Hall–Kier alpha value is -2.87. The molecule has 5 heteroatoms. The summed E-state index contributed by atoms with van der Waals surface area (Å²) < 4.78 is 25.8. The van der Waals surface area contributed by atoms with Gasteiger partial charge in [0.1, 0.15) is 11.8 Å². The molecule has 2 aliphatic rings. The van der Waals surface area contributed by atoms with Gasteiger partial charge in [-0.2, -0.15) is 5.26 Å². The van der Waals surface area contributed by atoms with E-state index < -0.39 is 12.3 Å². The highest BCUT2D eigenvalue weighted by atomic mass is 19.1. The highest BCUT2D eigenvalue weighted by molar-refractivity contribution is 5.80. The minimum Gasteiger partial charge on any atom is -0.497 e. The maximum Gasteiger partial charge on any atom is 0.311 e. The summed E-state index contributed by atoms with van der Waals surface area (Å²) in [5.41, 5.74) is 1.36. The smallest absolute Gasteiger partial charge is 0.311 e. The molecule has 1 spiro atoms.